The van der Waals surface area contributed by atoms with E-state index in [1.54, 1.807) is 6.07 Å². The molecule has 1 amide bonds. The fraction of sp³-hybridized carbons (Fsp3) is 0.350. The number of piperidine rings is 1. The van der Waals surface area contributed by atoms with Gasteiger partial charge in [-0.25, -0.2) is 8.78 Å². The fourth-order valence-electron chi connectivity index (χ4n) is 3.77. The van der Waals surface area contributed by atoms with Crippen LogP contribution in [0.1, 0.15) is 30.6 Å². The molecular formula is C20H21F2N3O3. The molecule has 148 valence electrons. The van der Waals surface area contributed by atoms with Crippen molar-refractivity contribution >= 4 is 23.0 Å². The predicted octanol–water partition coefficient (Wildman–Crippen LogP) is 4.61. The van der Waals surface area contributed by atoms with Gasteiger partial charge in [0, 0.05) is 36.5 Å². The Hall–Kier alpha value is -3.03. The molecular weight excluding hydrogens is 368 g/mol. The van der Waals surface area contributed by atoms with E-state index in [4.69, 9.17) is 0 Å². The number of nitrogens with zero attached hydrogens (tertiary/aromatic N) is 2. The summed E-state index contributed by atoms with van der Waals surface area (Å²) in [5.74, 6) is -1.52. The van der Waals surface area contributed by atoms with Gasteiger partial charge in [0.15, 0.2) is 0 Å². The Morgan fingerprint density at radius 1 is 1.11 bits per heavy atom. The highest BCUT2D eigenvalue weighted by Gasteiger charge is 2.28. The van der Waals surface area contributed by atoms with Gasteiger partial charge < -0.3 is 10.2 Å². The minimum atomic E-state index is -0.829. The molecule has 0 aliphatic carbocycles. The van der Waals surface area contributed by atoms with Gasteiger partial charge in [-0.3, -0.25) is 14.9 Å². The average molecular weight is 389 g/mol. The quantitative estimate of drug-likeness (QED) is 0.612. The lowest BCUT2D eigenvalue weighted by Gasteiger charge is -2.36. The molecule has 1 N–H and O–H groups in total. The number of hydrogen-bond acceptors (Lipinski definition) is 4. The molecule has 8 heteroatoms. The third-order valence-corrected chi connectivity index (χ3v) is 4.76. The molecule has 1 aliphatic rings. The molecule has 3 rings (SSSR count). The highest BCUT2D eigenvalue weighted by Crippen LogP contribution is 2.34. The molecule has 2 aromatic carbocycles. The first-order valence-electron chi connectivity index (χ1n) is 9.03. The van der Waals surface area contributed by atoms with Crippen molar-refractivity contribution in [1.29, 1.82) is 0 Å². The van der Waals surface area contributed by atoms with E-state index < -0.39 is 22.5 Å². The molecule has 0 unspecified atom stereocenters. The van der Waals surface area contributed by atoms with Crippen molar-refractivity contribution in [3.05, 3.63) is 63.7 Å². The zero-order valence-corrected chi connectivity index (χ0v) is 15.6. The number of halogens is 2. The second-order valence-corrected chi connectivity index (χ2v) is 7.42. The van der Waals surface area contributed by atoms with E-state index in [9.17, 15) is 23.7 Å². The van der Waals surface area contributed by atoms with Crippen LogP contribution in [-0.2, 0) is 0 Å². The van der Waals surface area contributed by atoms with Gasteiger partial charge in [-0.05, 0) is 42.5 Å². The van der Waals surface area contributed by atoms with Gasteiger partial charge in [0.05, 0.1) is 4.92 Å². The molecule has 0 bridgehead atoms. The number of nitro groups is 1. The van der Waals surface area contributed by atoms with Gasteiger partial charge in [0.2, 0.25) is 0 Å². The SMILES string of the molecule is C[C@H]1C[C@H](C)CN(c2ccc(C(=O)Nc3cc(F)cc(F)c3)cc2[N+](=O)[O-])C1. The van der Waals surface area contributed by atoms with Gasteiger partial charge in [-0.15, -0.1) is 0 Å². The van der Waals surface area contributed by atoms with Crippen LogP contribution in [0.25, 0.3) is 0 Å². The Morgan fingerprint density at radius 2 is 1.71 bits per heavy atom. The highest BCUT2D eigenvalue weighted by atomic mass is 19.1. The normalized spacial score (nSPS) is 19.4. The van der Waals surface area contributed by atoms with Crippen LogP contribution in [0.5, 0.6) is 0 Å². The van der Waals surface area contributed by atoms with Gasteiger partial charge in [-0.1, -0.05) is 13.8 Å². The van der Waals surface area contributed by atoms with Crippen LogP contribution in [0.15, 0.2) is 36.4 Å². The topological polar surface area (TPSA) is 75.5 Å². The van der Waals surface area contributed by atoms with Gasteiger partial charge in [0.1, 0.15) is 17.3 Å². The number of nitro benzene ring substituents is 1. The van der Waals surface area contributed by atoms with E-state index in [1.165, 1.54) is 12.1 Å². The van der Waals surface area contributed by atoms with E-state index >= 15 is 0 Å². The second-order valence-electron chi connectivity index (χ2n) is 7.42. The number of nitrogens with one attached hydrogen (secondary N) is 1. The number of carbonyl (C=O) groups excluding carboxylic acids is 1. The lowest BCUT2D eigenvalue weighted by atomic mass is 9.91. The number of hydrogen-bond donors (Lipinski definition) is 1. The lowest BCUT2D eigenvalue weighted by molar-refractivity contribution is -0.384. The summed E-state index contributed by atoms with van der Waals surface area (Å²) in [6, 6.07) is 6.88. The summed E-state index contributed by atoms with van der Waals surface area (Å²) in [6.07, 6.45) is 1.06. The van der Waals surface area contributed by atoms with Crippen LogP contribution in [0, 0.1) is 33.6 Å². The fourth-order valence-corrected chi connectivity index (χ4v) is 3.77. The molecule has 1 aliphatic heterocycles. The van der Waals surface area contributed by atoms with E-state index in [0.29, 0.717) is 36.7 Å². The summed E-state index contributed by atoms with van der Waals surface area (Å²) < 4.78 is 26.6. The summed E-state index contributed by atoms with van der Waals surface area (Å²) in [4.78, 5) is 25.5. The average Bonchev–Trinajstić information content (AvgIpc) is 2.59. The molecule has 2 atom stereocenters. The molecule has 0 spiro atoms. The van der Waals surface area contributed by atoms with E-state index in [1.807, 2.05) is 4.90 Å². The van der Waals surface area contributed by atoms with Gasteiger partial charge >= 0.3 is 0 Å². The first-order valence-corrected chi connectivity index (χ1v) is 9.03. The largest absolute Gasteiger partial charge is 0.365 e. The minimum Gasteiger partial charge on any atom is -0.365 e. The second kappa shape index (κ2) is 7.92. The maximum absolute atomic E-state index is 13.3. The van der Waals surface area contributed by atoms with Crippen LogP contribution in [0.3, 0.4) is 0 Å². The summed E-state index contributed by atoms with van der Waals surface area (Å²) in [5.41, 5.74) is 0.280. The maximum atomic E-state index is 13.3. The van der Waals surface area contributed by atoms with Crippen LogP contribution >= 0.6 is 0 Å². The van der Waals surface area contributed by atoms with E-state index in [-0.39, 0.29) is 16.9 Å². The zero-order valence-electron chi connectivity index (χ0n) is 15.6. The number of rotatable bonds is 4. The van der Waals surface area contributed by atoms with Crippen molar-refractivity contribution in [2.45, 2.75) is 20.3 Å². The lowest BCUT2D eigenvalue weighted by Crippen LogP contribution is -2.39. The van der Waals surface area contributed by atoms with Crippen LogP contribution in [0.4, 0.5) is 25.8 Å². The predicted molar refractivity (Wildman–Crippen MR) is 103 cm³/mol. The smallest absolute Gasteiger partial charge is 0.293 e. The highest BCUT2D eigenvalue weighted by molar-refractivity contribution is 6.05. The maximum Gasteiger partial charge on any atom is 0.293 e. The molecule has 0 aromatic heterocycles. The first-order chi connectivity index (χ1) is 13.2. The van der Waals surface area contributed by atoms with E-state index in [0.717, 1.165) is 18.6 Å². The van der Waals surface area contributed by atoms with Crippen molar-refractivity contribution in [3.8, 4) is 0 Å². The van der Waals surface area contributed by atoms with Crippen molar-refractivity contribution in [3.63, 3.8) is 0 Å². The molecule has 1 saturated heterocycles. The third-order valence-electron chi connectivity index (χ3n) is 4.76. The molecule has 28 heavy (non-hydrogen) atoms. The van der Waals surface area contributed by atoms with Crippen molar-refractivity contribution < 1.29 is 18.5 Å². The molecule has 1 heterocycles. The van der Waals surface area contributed by atoms with Gasteiger partial charge in [0.25, 0.3) is 11.6 Å². The standard InChI is InChI=1S/C20H21F2N3O3/c1-12-5-13(2)11-24(10-12)18-4-3-14(6-19(18)25(27)28)20(26)23-17-8-15(21)7-16(22)9-17/h3-4,6-9,12-13H,5,10-11H2,1-2H3,(H,23,26)/t12-,13-/m0/s1. The number of anilines is 2. The number of amides is 1. The summed E-state index contributed by atoms with van der Waals surface area (Å²) in [6.45, 7) is 5.63. The Kier molecular flexibility index (Phi) is 5.58. The Bertz CT molecular complexity index is 889. The van der Waals surface area contributed by atoms with Crippen molar-refractivity contribution in [1.82, 2.24) is 0 Å². The van der Waals surface area contributed by atoms with Crippen LogP contribution < -0.4 is 10.2 Å². The molecule has 1 fully saturated rings. The molecule has 0 radical (unpaired) electrons. The number of carbonyl (C=O) groups is 1. The Morgan fingerprint density at radius 3 is 2.29 bits per heavy atom. The first kappa shape index (κ1) is 19.7. The summed E-state index contributed by atoms with van der Waals surface area (Å²) in [5, 5.41) is 14.0. The molecule has 0 saturated carbocycles. The Labute approximate surface area is 161 Å². The minimum absolute atomic E-state index is 0.0400. The van der Waals surface area contributed by atoms with Crippen LogP contribution in [-0.4, -0.2) is 23.9 Å². The number of benzene rings is 2. The monoisotopic (exact) mass is 389 g/mol. The van der Waals surface area contributed by atoms with Gasteiger partial charge in [-0.2, -0.15) is 0 Å². The van der Waals surface area contributed by atoms with Crippen molar-refractivity contribution in [2.24, 2.45) is 11.8 Å². The Balaban J connectivity index is 1.87. The van der Waals surface area contributed by atoms with Crippen molar-refractivity contribution in [2.75, 3.05) is 23.3 Å². The van der Waals surface area contributed by atoms with Crippen LogP contribution in [0.2, 0.25) is 0 Å². The zero-order chi connectivity index (χ0) is 20.4. The third kappa shape index (κ3) is 4.44. The van der Waals surface area contributed by atoms with E-state index in [2.05, 4.69) is 19.2 Å². The molecule has 6 nitrogen and oxygen atoms in total. The molecule has 2 aromatic rings. The summed E-state index contributed by atoms with van der Waals surface area (Å²) >= 11 is 0. The summed E-state index contributed by atoms with van der Waals surface area (Å²) in [7, 11) is 0.